The summed E-state index contributed by atoms with van der Waals surface area (Å²) in [4.78, 5) is 15.6. The molecular formula is C13H15N5O. The van der Waals surface area contributed by atoms with Crippen molar-refractivity contribution in [2.45, 2.75) is 13.0 Å². The fourth-order valence-electron chi connectivity index (χ4n) is 1.76. The van der Waals surface area contributed by atoms with Gasteiger partial charge in [-0.25, -0.2) is 5.84 Å². The average Bonchev–Trinajstić information content (AvgIpc) is 2.89. The van der Waals surface area contributed by atoms with Crippen LogP contribution < -0.4 is 10.9 Å². The normalized spacial score (nSPS) is 11.9. The lowest BCUT2D eigenvalue weighted by Crippen LogP contribution is -2.45. The molecule has 19 heavy (non-hydrogen) atoms. The Balaban J connectivity index is 2.40. The fourth-order valence-corrected chi connectivity index (χ4v) is 1.76. The standard InChI is InChI=1S/C13H15N5O/c1-3-12(10(2)19)17(14)13-15-9-16-18(13)11-7-5-4-6-8-11/h3-9,12H,1,14H2,2H3. The summed E-state index contributed by atoms with van der Waals surface area (Å²) in [6, 6.07) is 8.80. The predicted octanol–water partition coefficient (Wildman–Crippen LogP) is 1.09. The number of para-hydroxylation sites is 1. The van der Waals surface area contributed by atoms with Crippen LogP contribution in [0.3, 0.4) is 0 Å². The Morgan fingerprint density at radius 1 is 1.47 bits per heavy atom. The number of rotatable bonds is 5. The van der Waals surface area contributed by atoms with Gasteiger partial charge in [-0.1, -0.05) is 24.3 Å². The molecule has 1 aromatic heterocycles. The van der Waals surface area contributed by atoms with Crippen LogP contribution >= 0.6 is 0 Å². The van der Waals surface area contributed by atoms with Crippen LogP contribution in [0.2, 0.25) is 0 Å². The summed E-state index contributed by atoms with van der Waals surface area (Å²) in [6.45, 7) is 5.07. The highest BCUT2D eigenvalue weighted by Gasteiger charge is 2.22. The number of anilines is 1. The number of aromatic nitrogens is 3. The van der Waals surface area contributed by atoms with Gasteiger partial charge in [0.25, 0.3) is 0 Å². The summed E-state index contributed by atoms with van der Waals surface area (Å²) < 4.78 is 1.57. The zero-order valence-electron chi connectivity index (χ0n) is 10.6. The molecule has 0 bridgehead atoms. The molecule has 2 N–H and O–H groups in total. The van der Waals surface area contributed by atoms with E-state index in [0.717, 1.165) is 5.69 Å². The van der Waals surface area contributed by atoms with E-state index in [2.05, 4.69) is 16.7 Å². The highest BCUT2D eigenvalue weighted by molar-refractivity contribution is 5.86. The number of carbonyl (C=O) groups excluding carboxylic acids is 1. The lowest BCUT2D eigenvalue weighted by atomic mass is 10.2. The molecule has 1 aromatic carbocycles. The first-order valence-corrected chi connectivity index (χ1v) is 5.77. The molecule has 2 rings (SSSR count). The number of benzene rings is 1. The molecule has 6 heteroatoms. The van der Waals surface area contributed by atoms with Crippen LogP contribution in [0.5, 0.6) is 0 Å². The minimum absolute atomic E-state index is 0.111. The lowest BCUT2D eigenvalue weighted by molar-refractivity contribution is -0.117. The minimum Gasteiger partial charge on any atom is -0.297 e. The van der Waals surface area contributed by atoms with Crippen molar-refractivity contribution < 1.29 is 4.79 Å². The molecule has 6 nitrogen and oxygen atoms in total. The summed E-state index contributed by atoms with van der Waals surface area (Å²) >= 11 is 0. The van der Waals surface area contributed by atoms with E-state index in [1.54, 1.807) is 4.68 Å². The third-order valence-corrected chi connectivity index (χ3v) is 2.70. The zero-order chi connectivity index (χ0) is 13.8. The average molecular weight is 257 g/mol. The Morgan fingerprint density at radius 3 is 2.74 bits per heavy atom. The molecule has 1 heterocycles. The van der Waals surface area contributed by atoms with Gasteiger partial charge in [-0.3, -0.25) is 9.80 Å². The van der Waals surface area contributed by atoms with E-state index in [9.17, 15) is 4.79 Å². The maximum atomic E-state index is 11.5. The SMILES string of the molecule is C=CC(C(C)=O)N(N)c1ncnn1-c1ccccc1. The molecule has 1 atom stereocenters. The van der Waals surface area contributed by atoms with E-state index in [4.69, 9.17) is 5.84 Å². The Hall–Kier alpha value is -2.47. The van der Waals surface area contributed by atoms with Crippen LogP contribution in [0.1, 0.15) is 6.92 Å². The van der Waals surface area contributed by atoms with Crippen LogP contribution in [0.25, 0.3) is 5.69 Å². The number of hydrazine groups is 1. The number of hydrogen-bond donors (Lipinski definition) is 1. The topological polar surface area (TPSA) is 77.0 Å². The van der Waals surface area contributed by atoms with Gasteiger partial charge in [-0.2, -0.15) is 14.8 Å². The molecule has 1 unspecified atom stereocenters. The van der Waals surface area contributed by atoms with Gasteiger partial charge in [0.2, 0.25) is 5.95 Å². The van der Waals surface area contributed by atoms with E-state index in [1.807, 2.05) is 30.3 Å². The van der Waals surface area contributed by atoms with Crippen LogP contribution in [-0.2, 0) is 4.79 Å². The smallest absolute Gasteiger partial charge is 0.244 e. The number of Topliss-reactive ketones (excluding diaryl/α,β-unsaturated/α-hetero) is 1. The van der Waals surface area contributed by atoms with Crippen LogP contribution in [0.4, 0.5) is 5.95 Å². The summed E-state index contributed by atoms with van der Waals surface area (Å²) in [5.41, 5.74) is 0.816. The number of ketones is 1. The minimum atomic E-state index is -0.633. The molecule has 2 aromatic rings. The molecule has 0 aliphatic rings. The van der Waals surface area contributed by atoms with Crippen LogP contribution in [0, 0.1) is 0 Å². The van der Waals surface area contributed by atoms with E-state index >= 15 is 0 Å². The third-order valence-electron chi connectivity index (χ3n) is 2.70. The van der Waals surface area contributed by atoms with E-state index < -0.39 is 6.04 Å². The summed E-state index contributed by atoms with van der Waals surface area (Å²) in [5, 5.41) is 5.38. The van der Waals surface area contributed by atoms with E-state index in [1.165, 1.54) is 24.3 Å². The Bertz CT molecular complexity index is 578. The second kappa shape index (κ2) is 5.45. The van der Waals surface area contributed by atoms with Crippen molar-refractivity contribution in [2.24, 2.45) is 5.84 Å². The molecule has 0 aliphatic carbocycles. The maximum absolute atomic E-state index is 11.5. The lowest BCUT2D eigenvalue weighted by Gasteiger charge is -2.23. The van der Waals surface area contributed by atoms with Crippen LogP contribution in [0.15, 0.2) is 49.3 Å². The third kappa shape index (κ3) is 2.53. The van der Waals surface area contributed by atoms with E-state index in [-0.39, 0.29) is 5.78 Å². The number of carbonyl (C=O) groups is 1. The fraction of sp³-hybridized carbons (Fsp3) is 0.154. The number of nitrogens with zero attached hydrogens (tertiary/aromatic N) is 4. The largest absolute Gasteiger partial charge is 0.297 e. The van der Waals surface area contributed by atoms with Gasteiger partial charge in [0.05, 0.1) is 5.69 Å². The van der Waals surface area contributed by atoms with E-state index in [0.29, 0.717) is 5.95 Å². The van der Waals surface area contributed by atoms with Crippen molar-refractivity contribution in [3.63, 3.8) is 0 Å². The molecule has 0 saturated carbocycles. The Kier molecular flexibility index (Phi) is 3.72. The van der Waals surface area contributed by atoms with Crippen molar-refractivity contribution in [3.8, 4) is 5.69 Å². The van der Waals surface area contributed by atoms with Gasteiger partial charge in [-0.05, 0) is 19.1 Å². The van der Waals surface area contributed by atoms with Crippen molar-refractivity contribution in [3.05, 3.63) is 49.3 Å². The molecule has 0 radical (unpaired) electrons. The summed E-state index contributed by atoms with van der Waals surface area (Å²) in [6.07, 6.45) is 2.87. The van der Waals surface area contributed by atoms with Gasteiger partial charge in [0, 0.05) is 0 Å². The van der Waals surface area contributed by atoms with Crippen LogP contribution in [-0.4, -0.2) is 26.6 Å². The Morgan fingerprint density at radius 2 is 2.16 bits per heavy atom. The summed E-state index contributed by atoms with van der Waals surface area (Å²) in [5.74, 6) is 6.22. The van der Waals surface area contributed by atoms with Gasteiger partial charge in [-0.15, -0.1) is 6.58 Å². The zero-order valence-corrected chi connectivity index (χ0v) is 10.6. The Labute approximate surface area is 111 Å². The molecular weight excluding hydrogens is 242 g/mol. The maximum Gasteiger partial charge on any atom is 0.244 e. The van der Waals surface area contributed by atoms with Crippen molar-refractivity contribution in [1.82, 2.24) is 14.8 Å². The summed E-state index contributed by atoms with van der Waals surface area (Å²) in [7, 11) is 0. The number of nitrogens with two attached hydrogens (primary N) is 1. The molecule has 0 fully saturated rings. The monoisotopic (exact) mass is 257 g/mol. The van der Waals surface area contributed by atoms with Gasteiger partial charge >= 0.3 is 0 Å². The predicted molar refractivity (Wildman–Crippen MR) is 72.7 cm³/mol. The molecule has 0 aliphatic heterocycles. The van der Waals surface area contributed by atoms with Gasteiger partial charge in [0.1, 0.15) is 12.4 Å². The number of hydrogen-bond acceptors (Lipinski definition) is 5. The second-order valence-corrected chi connectivity index (χ2v) is 4.01. The molecule has 0 spiro atoms. The highest BCUT2D eigenvalue weighted by Crippen LogP contribution is 2.16. The quantitative estimate of drug-likeness (QED) is 0.493. The van der Waals surface area contributed by atoms with Crippen molar-refractivity contribution in [1.29, 1.82) is 0 Å². The molecule has 98 valence electrons. The highest BCUT2D eigenvalue weighted by atomic mass is 16.1. The molecule has 0 amide bonds. The first-order chi connectivity index (χ1) is 9.15. The van der Waals surface area contributed by atoms with Crippen molar-refractivity contribution >= 4 is 11.7 Å². The first-order valence-electron chi connectivity index (χ1n) is 5.77. The second-order valence-electron chi connectivity index (χ2n) is 4.01. The molecule has 0 saturated heterocycles. The first kappa shape index (κ1) is 13.0. The van der Waals surface area contributed by atoms with Crippen molar-refractivity contribution in [2.75, 3.05) is 5.01 Å². The van der Waals surface area contributed by atoms with Gasteiger partial charge in [0.15, 0.2) is 5.78 Å². The van der Waals surface area contributed by atoms with Gasteiger partial charge < -0.3 is 0 Å².